The van der Waals surface area contributed by atoms with E-state index in [4.69, 9.17) is 0 Å². The van der Waals surface area contributed by atoms with Gasteiger partial charge in [0.05, 0.1) is 0 Å². The normalized spacial score (nSPS) is 13.0. The van der Waals surface area contributed by atoms with Crippen LogP contribution in [0.25, 0.3) is 22.3 Å². The molecule has 0 atom stereocenters. The van der Waals surface area contributed by atoms with Gasteiger partial charge >= 0.3 is 0 Å². The predicted molar refractivity (Wildman–Crippen MR) is 122 cm³/mol. The van der Waals surface area contributed by atoms with Crippen molar-refractivity contribution < 1.29 is 0 Å². The van der Waals surface area contributed by atoms with E-state index < -0.39 is 0 Å². The number of fused-ring (bicyclic) bond motifs is 6. The van der Waals surface area contributed by atoms with Crippen molar-refractivity contribution in [1.82, 2.24) is 0 Å². The van der Waals surface area contributed by atoms with Gasteiger partial charge in [-0.05, 0) is 99.9 Å². The average molecular weight is 373 g/mol. The molecule has 0 heteroatoms. The molecule has 0 saturated heterocycles. The first-order valence-corrected chi connectivity index (χ1v) is 10.6. The number of benzene rings is 4. The van der Waals surface area contributed by atoms with Gasteiger partial charge < -0.3 is 0 Å². The number of rotatable bonds is 2. The van der Waals surface area contributed by atoms with Crippen LogP contribution in [0.15, 0.2) is 72.8 Å². The van der Waals surface area contributed by atoms with E-state index in [1.54, 1.807) is 11.1 Å². The Bertz CT molecular complexity index is 1190. The Morgan fingerprint density at radius 3 is 1.45 bits per heavy atom. The lowest BCUT2D eigenvalue weighted by Crippen LogP contribution is -2.03. The molecule has 2 aliphatic rings. The third-order valence-corrected chi connectivity index (χ3v) is 7.03. The fourth-order valence-corrected chi connectivity index (χ4v) is 5.45. The molecule has 0 nitrogen and oxygen atoms in total. The van der Waals surface area contributed by atoms with Crippen molar-refractivity contribution in [1.29, 1.82) is 0 Å². The maximum atomic E-state index is 2.33. The van der Waals surface area contributed by atoms with Crippen LogP contribution in [0.5, 0.6) is 0 Å². The summed E-state index contributed by atoms with van der Waals surface area (Å²) >= 11 is 0. The molecule has 0 aromatic heterocycles. The molecule has 2 aliphatic carbocycles. The third kappa shape index (κ3) is 2.45. The van der Waals surface area contributed by atoms with Gasteiger partial charge in [0.1, 0.15) is 0 Å². The molecule has 0 N–H and O–H groups in total. The molecule has 6 rings (SSSR count). The third-order valence-electron chi connectivity index (χ3n) is 7.03. The lowest BCUT2D eigenvalue weighted by molar-refractivity contribution is 1.05. The van der Waals surface area contributed by atoms with E-state index in [1.807, 2.05) is 0 Å². The van der Waals surface area contributed by atoms with E-state index in [9.17, 15) is 0 Å². The van der Waals surface area contributed by atoms with Crippen molar-refractivity contribution >= 4 is 0 Å². The van der Waals surface area contributed by atoms with Crippen molar-refractivity contribution in [3.8, 4) is 22.3 Å². The van der Waals surface area contributed by atoms with Crippen LogP contribution in [-0.4, -0.2) is 0 Å². The van der Waals surface area contributed by atoms with Gasteiger partial charge in [0.15, 0.2) is 0 Å². The minimum atomic E-state index is 1.03. The van der Waals surface area contributed by atoms with Gasteiger partial charge in [0, 0.05) is 0 Å². The molecular weight excluding hydrogens is 348 g/mol. The summed E-state index contributed by atoms with van der Waals surface area (Å²) in [6, 6.07) is 27.1. The fourth-order valence-electron chi connectivity index (χ4n) is 5.45. The van der Waals surface area contributed by atoms with E-state index >= 15 is 0 Å². The molecular formula is C29H24. The molecule has 0 aliphatic heterocycles. The summed E-state index contributed by atoms with van der Waals surface area (Å²) in [5.74, 6) is 0. The molecule has 0 amide bonds. The highest BCUT2D eigenvalue weighted by molar-refractivity contribution is 5.80. The molecule has 0 bridgehead atoms. The molecule has 4 aromatic rings. The Kier molecular flexibility index (Phi) is 3.59. The molecule has 0 fully saturated rings. The van der Waals surface area contributed by atoms with Crippen molar-refractivity contribution in [3.05, 3.63) is 117 Å². The molecule has 0 spiro atoms. The van der Waals surface area contributed by atoms with Crippen molar-refractivity contribution in [2.24, 2.45) is 0 Å². The Balaban J connectivity index is 1.49. The summed E-state index contributed by atoms with van der Waals surface area (Å²) < 4.78 is 0. The standard InChI is InChI=1S/C29H24/c1-18-11-13-24-22-9-5-3-7-20(22)15-28(24)26(18)17-27-19(2)12-14-25-23-10-6-4-8-21(23)16-29(25)27/h3-14H,15-17H2,1-2H3. The molecule has 0 unspecified atom stereocenters. The minimum absolute atomic E-state index is 1.03. The van der Waals surface area contributed by atoms with E-state index in [-0.39, 0.29) is 0 Å². The lowest BCUT2D eigenvalue weighted by Gasteiger charge is -2.17. The van der Waals surface area contributed by atoms with Gasteiger partial charge in [0.25, 0.3) is 0 Å². The largest absolute Gasteiger partial charge is 0.0619 e. The van der Waals surface area contributed by atoms with Crippen LogP contribution in [0.2, 0.25) is 0 Å². The van der Waals surface area contributed by atoms with Crippen LogP contribution in [0.4, 0.5) is 0 Å². The first kappa shape index (κ1) is 16.8. The first-order valence-electron chi connectivity index (χ1n) is 10.6. The molecule has 140 valence electrons. The smallest absolute Gasteiger partial charge is 0.00105 e. The van der Waals surface area contributed by atoms with Crippen LogP contribution in [0.3, 0.4) is 0 Å². The van der Waals surface area contributed by atoms with Crippen LogP contribution in [-0.2, 0) is 19.3 Å². The minimum Gasteiger partial charge on any atom is -0.0619 e. The number of aryl methyl sites for hydroxylation is 2. The monoisotopic (exact) mass is 372 g/mol. The van der Waals surface area contributed by atoms with Gasteiger partial charge in [-0.25, -0.2) is 0 Å². The first-order chi connectivity index (χ1) is 14.2. The maximum absolute atomic E-state index is 2.33. The predicted octanol–water partition coefficient (Wildman–Crippen LogP) is 7.04. The van der Waals surface area contributed by atoms with Crippen molar-refractivity contribution in [2.45, 2.75) is 33.1 Å². The fraction of sp³-hybridized carbons (Fsp3) is 0.172. The lowest BCUT2D eigenvalue weighted by atomic mass is 9.87. The summed E-state index contributed by atoms with van der Waals surface area (Å²) in [7, 11) is 0. The van der Waals surface area contributed by atoms with E-state index in [1.165, 1.54) is 55.6 Å². The highest BCUT2D eigenvalue weighted by Gasteiger charge is 2.25. The van der Waals surface area contributed by atoms with Gasteiger partial charge in [-0.2, -0.15) is 0 Å². The zero-order valence-electron chi connectivity index (χ0n) is 17.0. The number of hydrogen-bond acceptors (Lipinski definition) is 0. The summed E-state index contributed by atoms with van der Waals surface area (Å²) in [6.45, 7) is 4.57. The second kappa shape index (κ2) is 6.19. The highest BCUT2D eigenvalue weighted by atomic mass is 14.3. The van der Waals surface area contributed by atoms with Crippen molar-refractivity contribution in [2.75, 3.05) is 0 Å². The Morgan fingerprint density at radius 2 is 0.966 bits per heavy atom. The zero-order valence-corrected chi connectivity index (χ0v) is 17.0. The van der Waals surface area contributed by atoms with Gasteiger partial charge in [-0.3, -0.25) is 0 Å². The topological polar surface area (TPSA) is 0 Å². The van der Waals surface area contributed by atoms with Crippen molar-refractivity contribution in [3.63, 3.8) is 0 Å². The summed E-state index contributed by atoms with van der Waals surface area (Å²) in [5.41, 5.74) is 17.7. The summed E-state index contributed by atoms with van der Waals surface area (Å²) in [5, 5.41) is 0. The van der Waals surface area contributed by atoms with Crippen LogP contribution >= 0.6 is 0 Å². The van der Waals surface area contributed by atoms with E-state index in [0.29, 0.717) is 0 Å². The Morgan fingerprint density at radius 1 is 0.517 bits per heavy atom. The second-order valence-corrected chi connectivity index (χ2v) is 8.62. The molecule has 29 heavy (non-hydrogen) atoms. The quantitative estimate of drug-likeness (QED) is 0.306. The van der Waals surface area contributed by atoms with Crippen LogP contribution in [0.1, 0.15) is 44.5 Å². The van der Waals surface area contributed by atoms with Gasteiger partial charge in [-0.15, -0.1) is 0 Å². The van der Waals surface area contributed by atoms with Gasteiger partial charge in [-0.1, -0.05) is 72.8 Å². The Hall–Kier alpha value is -3.12. The highest BCUT2D eigenvalue weighted by Crippen LogP contribution is 2.43. The SMILES string of the molecule is Cc1ccc2c(c1Cc1c(C)ccc3c1Cc1ccccc1-3)Cc1ccccc1-2. The maximum Gasteiger partial charge on any atom is -0.00105 e. The molecule has 0 radical (unpaired) electrons. The van der Waals surface area contributed by atoms with E-state index in [2.05, 4.69) is 86.6 Å². The van der Waals surface area contributed by atoms with Crippen LogP contribution < -0.4 is 0 Å². The second-order valence-electron chi connectivity index (χ2n) is 8.62. The molecule has 0 heterocycles. The van der Waals surface area contributed by atoms with E-state index in [0.717, 1.165) is 19.3 Å². The van der Waals surface area contributed by atoms with Gasteiger partial charge in [0.2, 0.25) is 0 Å². The molecule has 0 saturated carbocycles. The number of hydrogen-bond donors (Lipinski definition) is 0. The summed E-state index contributed by atoms with van der Waals surface area (Å²) in [4.78, 5) is 0. The Labute approximate surface area is 172 Å². The molecule has 4 aromatic carbocycles. The van der Waals surface area contributed by atoms with Crippen LogP contribution in [0, 0.1) is 13.8 Å². The summed E-state index contributed by atoms with van der Waals surface area (Å²) in [6.07, 6.45) is 3.17. The average Bonchev–Trinajstić information content (AvgIpc) is 3.30. The zero-order chi connectivity index (χ0) is 19.5.